The molecule has 0 spiro atoms. The number of fused-ring (bicyclic) bond motifs is 1. The summed E-state index contributed by atoms with van der Waals surface area (Å²) < 4.78 is 20.6. The molecule has 0 radical (unpaired) electrons. The van der Waals surface area contributed by atoms with E-state index in [2.05, 4.69) is 27.0 Å². The second kappa shape index (κ2) is 11.0. The number of rotatable bonds is 7. The molecule has 44 heavy (non-hydrogen) atoms. The van der Waals surface area contributed by atoms with E-state index in [0.29, 0.717) is 58.5 Å². The van der Waals surface area contributed by atoms with Crippen LogP contribution < -0.4 is 26.2 Å². The van der Waals surface area contributed by atoms with Gasteiger partial charge in [-0.15, -0.1) is 0 Å². The summed E-state index contributed by atoms with van der Waals surface area (Å²) in [5.41, 5.74) is 10.7. The smallest absolute Gasteiger partial charge is 0.272 e. The minimum atomic E-state index is -0.552. The Kier molecular flexibility index (Phi) is 6.82. The van der Waals surface area contributed by atoms with Crippen molar-refractivity contribution in [2.45, 2.75) is 6.54 Å². The van der Waals surface area contributed by atoms with E-state index in [-0.39, 0.29) is 5.75 Å². The van der Waals surface area contributed by atoms with Gasteiger partial charge in [-0.1, -0.05) is 12.1 Å². The molecule has 12 heteroatoms. The maximum atomic E-state index is 13.5. The lowest BCUT2D eigenvalue weighted by atomic mass is 10.1. The fourth-order valence-electron chi connectivity index (χ4n) is 5.63. The van der Waals surface area contributed by atoms with E-state index >= 15 is 0 Å². The van der Waals surface area contributed by atoms with Gasteiger partial charge in [0.15, 0.2) is 17.2 Å². The highest BCUT2D eigenvalue weighted by molar-refractivity contribution is 5.84. The Bertz CT molecular complexity index is 2060. The summed E-state index contributed by atoms with van der Waals surface area (Å²) in [4.78, 5) is 46.3. The maximum Gasteiger partial charge on any atom is 0.272 e. The zero-order valence-corrected chi connectivity index (χ0v) is 23.8. The SMILES string of the molecule is COc1c(N2CCN(Cc3ccc(-n4c(-c5cccnc5N)nc5ccc(-c6ccc(F)cn6)nc54)cc3)CC2)c(=O)c1=O. The van der Waals surface area contributed by atoms with Crippen LogP contribution in [-0.2, 0) is 6.54 Å². The number of aromatic nitrogens is 5. The molecule has 6 aromatic rings. The Morgan fingerprint density at radius 2 is 1.66 bits per heavy atom. The molecule has 11 nitrogen and oxygen atoms in total. The van der Waals surface area contributed by atoms with Gasteiger partial charge in [0.2, 0.25) is 0 Å². The predicted octanol–water partition coefficient (Wildman–Crippen LogP) is 3.19. The van der Waals surface area contributed by atoms with Gasteiger partial charge < -0.3 is 15.4 Å². The number of benzene rings is 1. The summed E-state index contributed by atoms with van der Waals surface area (Å²) in [6.07, 6.45) is 2.80. The van der Waals surface area contributed by atoms with Gasteiger partial charge in [0.25, 0.3) is 10.9 Å². The van der Waals surface area contributed by atoms with Crippen molar-refractivity contribution in [1.82, 2.24) is 29.4 Å². The number of imidazole rings is 1. The van der Waals surface area contributed by atoms with Crippen molar-refractivity contribution >= 4 is 22.7 Å². The summed E-state index contributed by atoms with van der Waals surface area (Å²) in [6.45, 7) is 3.47. The van der Waals surface area contributed by atoms with Crippen molar-refractivity contribution in [2.24, 2.45) is 0 Å². The molecule has 1 aliphatic heterocycles. The average Bonchev–Trinajstić information content (AvgIpc) is 3.43. The number of ether oxygens (including phenoxy) is 1. The Morgan fingerprint density at radius 1 is 0.886 bits per heavy atom. The first kappa shape index (κ1) is 27.3. The molecule has 220 valence electrons. The molecule has 7 rings (SSSR count). The number of nitrogens with zero attached hydrogens (tertiary/aromatic N) is 7. The standard InChI is InChI=1S/C32H27FN8O3/c1-44-29-26(27(42)28(29)43)40-15-13-39(14-16-40)18-19-4-7-21(8-5-19)41-31(22-3-2-12-35-30(22)34)38-25-11-10-24(37-32(25)41)23-9-6-20(33)17-36-23/h2-12,17H,13-16,18H2,1H3,(H2,34,35). The first-order chi connectivity index (χ1) is 21.4. The fourth-order valence-corrected chi connectivity index (χ4v) is 5.63. The minimum absolute atomic E-state index is 0.161. The number of halogens is 1. The molecule has 0 atom stereocenters. The van der Waals surface area contributed by atoms with E-state index in [1.165, 1.54) is 19.4 Å². The molecule has 4 aromatic heterocycles. The summed E-state index contributed by atoms with van der Waals surface area (Å²) in [6, 6.07) is 18.5. The highest BCUT2D eigenvalue weighted by Gasteiger charge is 2.29. The van der Waals surface area contributed by atoms with Gasteiger partial charge in [-0.2, -0.15) is 0 Å². The first-order valence-electron chi connectivity index (χ1n) is 14.1. The van der Waals surface area contributed by atoms with Crippen LogP contribution in [-0.4, -0.2) is 62.7 Å². The lowest BCUT2D eigenvalue weighted by molar-refractivity contribution is 0.248. The highest BCUT2D eigenvalue weighted by atomic mass is 19.1. The normalized spacial score (nSPS) is 14.0. The molecule has 1 fully saturated rings. The molecule has 1 saturated heterocycles. The van der Waals surface area contributed by atoms with E-state index in [1.54, 1.807) is 12.3 Å². The number of hydrogen-bond donors (Lipinski definition) is 1. The number of piperazine rings is 1. The molecular formula is C32H27FN8O3. The molecule has 2 N–H and O–H groups in total. The second-order valence-electron chi connectivity index (χ2n) is 10.6. The van der Waals surface area contributed by atoms with Crippen molar-refractivity contribution < 1.29 is 9.13 Å². The third-order valence-corrected chi connectivity index (χ3v) is 7.91. The van der Waals surface area contributed by atoms with E-state index in [4.69, 9.17) is 20.4 Å². The summed E-state index contributed by atoms with van der Waals surface area (Å²) in [5, 5.41) is 0. The van der Waals surface area contributed by atoms with Gasteiger partial charge in [0.05, 0.1) is 30.3 Å². The molecule has 5 heterocycles. The van der Waals surface area contributed by atoms with Crippen LogP contribution in [0.1, 0.15) is 5.56 Å². The molecular weight excluding hydrogens is 563 g/mol. The Labute approximate surface area is 250 Å². The third-order valence-electron chi connectivity index (χ3n) is 7.91. The van der Waals surface area contributed by atoms with E-state index in [1.807, 2.05) is 45.9 Å². The van der Waals surface area contributed by atoms with Crippen LogP contribution in [0.25, 0.3) is 39.6 Å². The Morgan fingerprint density at radius 3 is 2.36 bits per heavy atom. The average molecular weight is 591 g/mol. The summed E-state index contributed by atoms with van der Waals surface area (Å²) in [5.74, 6) is 0.689. The maximum absolute atomic E-state index is 13.5. The minimum Gasteiger partial charge on any atom is -0.491 e. The number of hydrogen-bond acceptors (Lipinski definition) is 10. The number of nitrogen functional groups attached to an aromatic ring is 1. The Balaban J connectivity index is 1.18. The molecule has 0 unspecified atom stereocenters. The van der Waals surface area contributed by atoms with Gasteiger partial charge in [-0.25, -0.2) is 19.3 Å². The molecule has 1 aliphatic rings. The second-order valence-corrected chi connectivity index (χ2v) is 10.6. The topological polar surface area (TPSA) is 132 Å². The van der Waals surface area contributed by atoms with E-state index < -0.39 is 16.7 Å². The number of anilines is 2. The zero-order valence-electron chi connectivity index (χ0n) is 23.8. The lowest BCUT2D eigenvalue weighted by Gasteiger charge is -2.36. The van der Waals surface area contributed by atoms with Crippen LogP contribution in [0.15, 0.2) is 82.6 Å². The van der Waals surface area contributed by atoms with Crippen LogP contribution in [0.5, 0.6) is 5.75 Å². The third kappa shape index (κ3) is 4.74. The van der Waals surface area contributed by atoms with Crippen LogP contribution >= 0.6 is 0 Å². The quantitative estimate of drug-likeness (QED) is 0.277. The van der Waals surface area contributed by atoms with Crippen LogP contribution in [0.3, 0.4) is 0 Å². The van der Waals surface area contributed by atoms with Crippen LogP contribution in [0, 0.1) is 5.82 Å². The fraction of sp³-hybridized carbons (Fsp3) is 0.188. The Hall–Kier alpha value is -5.49. The van der Waals surface area contributed by atoms with Crippen molar-refractivity contribution in [3.63, 3.8) is 0 Å². The van der Waals surface area contributed by atoms with Crippen molar-refractivity contribution in [3.8, 4) is 34.2 Å². The first-order valence-corrected chi connectivity index (χ1v) is 14.1. The van der Waals surface area contributed by atoms with Gasteiger partial charge in [0.1, 0.15) is 22.8 Å². The van der Waals surface area contributed by atoms with Gasteiger partial charge >= 0.3 is 0 Å². The van der Waals surface area contributed by atoms with Crippen molar-refractivity contribution in [2.75, 3.05) is 43.9 Å². The molecule has 0 saturated carbocycles. The monoisotopic (exact) mass is 590 g/mol. The molecule has 0 amide bonds. The van der Waals surface area contributed by atoms with E-state index in [9.17, 15) is 14.0 Å². The summed E-state index contributed by atoms with van der Waals surface area (Å²) >= 11 is 0. The van der Waals surface area contributed by atoms with Crippen molar-refractivity contribution in [3.05, 3.63) is 105 Å². The lowest BCUT2D eigenvalue weighted by Crippen LogP contribution is -2.50. The van der Waals surface area contributed by atoms with Gasteiger partial charge in [0, 0.05) is 44.6 Å². The number of pyridine rings is 3. The largest absolute Gasteiger partial charge is 0.491 e. The molecule has 0 bridgehead atoms. The summed E-state index contributed by atoms with van der Waals surface area (Å²) in [7, 11) is 1.42. The molecule has 2 aromatic carbocycles. The van der Waals surface area contributed by atoms with E-state index in [0.717, 1.165) is 30.9 Å². The number of nitrogens with two attached hydrogens (primary N) is 1. The molecule has 0 aliphatic carbocycles. The number of methoxy groups -OCH3 is 1. The van der Waals surface area contributed by atoms with Crippen LogP contribution in [0.4, 0.5) is 15.9 Å². The van der Waals surface area contributed by atoms with Crippen molar-refractivity contribution in [1.29, 1.82) is 0 Å². The predicted molar refractivity (Wildman–Crippen MR) is 165 cm³/mol. The van der Waals surface area contributed by atoms with Gasteiger partial charge in [-0.3, -0.25) is 24.0 Å². The van der Waals surface area contributed by atoms with Gasteiger partial charge in [-0.05, 0) is 54.1 Å². The highest BCUT2D eigenvalue weighted by Crippen LogP contribution is 2.32. The zero-order chi connectivity index (χ0) is 30.4. The van der Waals surface area contributed by atoms with Crippen LogP contribution in [0.2, 0.25) is 0 Å².